The molecule has 2 nitrogen and oxygen atoms in total. The Kier molecular flexibility index (Phi) is 3.22. The lowest BCUT2D eigenvalue weighted by molar-refractivity contribution is 0.101. The van der Waals surface area contributed by atoms with Crippen LogP contribution in [-0.2, 0) is 0 Å². The molecule has 1 fully saturated rings. The molecule has 1 saturated heterocycles. The molecule has 1 heterocycles. The summed E-state index contributed by atoms with van der Waals surface area (Å²) >= 11 is 0. The molecule has 16 heavy (non-hydrogen) atoms. The molecule has 0 radical (unpaired) electrons. The van der Waals surface area contributed by atoms with Crippen LogP contribution in [0, 0.1) is 5.82 Å². The molecule has 86 valence electrons. The molecule has 0 aliphatic carbocycles. The number of halogens is 1. The zero-order valence-electron chi connectivity index (χ0n) is 9.50. The summed E-state index contributed by atoms with van der Waals surface area (Å²) in [7, 11) is 0. The van der Waals surface area contributed by atoms with Gasteiger partial charge in [-0.1, -0.05) is 6.07 Å². The first kappa shape index (κ1) is 11.1. The maximum atomic E-state index is 13.6. The van der Waals surface area contributed by atoms with Gasteiger partial charge in [-0.3, -0.25) is 4.79 Å². The van der Waals surface area contributed by atoms with Crippen molar-refractivity contribution >= 4 is 11.5 Å². The highest BCUT2D eigenvalue weighted by Gasteiger charge is 2.19. The Morgan fingerprint density at radius 2 is 1.94 bits per heavy atom. The highest BCUT2D eigenvalue weighted by molar-refractivity contribution is 6.00. The van der Waals surface area contributed by atoms with Crippen LogP contribution in [0.3, 0.4) is 0 Å². The van der Waals surface area contributed by atoms with Gasteiger partial charge in [0.2, 0.25) is 0 Å². The van der Waals surface area contributed by atoms with Gasteiger partial charge < -0.3 is 4.90 Å². The van der Waals surface area contributed by atoms with Gasteiger partial charge in [-0.2, -0.15) is 0 Å². The molecular formula is C13H16FNO. The van der Waals surface area contributed by atoms with E-state index in [0.717, 1.165) is 31.6 Å². The van der Waals surface area contributed by atoms with E-state index < -0.39 is 5.82 Å². The standard InChI is InChI=1S/C13H16FNO/c1-10(16)13-11(14)6-5-7-12(13)15-8-3-2-4-9-15/h5-7H,2-4,8-9H2,1H3. The number of nitrogens with zero attached hydrogens (tertiary/aromatic N) is 1. The molecule has 1 aromatic carbocycles. The van der Waals surface area contributed by atoms with Crippen molar-refractivity contribution in [3.63, 3.8) is 0 Å². The average Bonchev–Trinajstić information content (AvgIpc) is 2.29. The van der Waals surface area contributed by atoms with E-state index >= 15 is 0 Å². The summed E-state index contributed by atoms with van der Waals surface area (Å²) in [5, 5.41) is 0. The molecule has 0 atom stereocenters. The van der Waals surface area contributed by atoms with Crippen LogP contribution in [-0.4, -0.2) is 18.9 Å². The van der Waals surface area contributed by atoms with E-state index in [-0.39, 0.29) is 11.3 Å². The molecule has 2 rings (SSSR count). The van der Waals surface area contributed by atoms with E-state index in [2.05, 4.69) is 4.90 Å². The van der Waals surface area contributed by atoms with Crippen molar-refractivity contribution in [3.8, 4) is 0 Å². The van der Waals surface area contributed by atoms with Gasteiger partial charge in [-0.05, 0) is 38.3 Å². The normalized spacial score (nSPS) is 16.2. The maximum absolute atomic E-state index is 13.6. The van der Waals surface area contributed by atoms with Crippen molar-refractivity contribution in [3.05, 3.63) is 29.6 Å². The van der Waals surface area contributed by atoms with Crippen LogP contribution < -0.4 is 4.90 Å². The lowest BCUT2D eigenvalue weighted by atomic mass is 10.0. The van der Waals surface area contributed by atoms with Gasteiger partial charge in [0.15, 0.2) is 5.78 Å². The van der Waals surface area contributed by atoms with Gasteiger partial charge in [-0.15, -0.1) is 0 Å². The van der Waals surface area contributed by atoms with E-state index in [1.165, 1.54) is 19.4 Å². The van der Waals surface area contributed by atoms with Gasteiger partial charge in [0.05, 0.1) is 11.3 Å². The zero-order valence-corrected chi connectivity index (χ0v) is 9.50. The molecule has 0 spiro atoms. The Hall–Kier alpha value is -1.38. The van der Waals surface area contributed by atoms with Crippen LogP contribution in [0.15, 0.2) is 18.2 Å². The number of benzene rings is 1. The summed E-state index contributed by atoms with van der Waals surface area (Å²) < 4.78 is 13.6. The third kappa shape index (κ3) is 2.08. The topological polar surface area (TPSA) is 20.3 Å². The second-order valence-electron chi connectivity index (χ2n) is 4.24. The molecule has 0 N–H and O–H groups in total. The summed E-state index contributed by atoms with van der Waals surface area (Å²) in [6, 6.07) is 4.86. The molecule has 0 saturated carbocycles. The van der Waals surface area contributed by atoms with E-state index in [9.17, 15) is 9.18 Å². The average molecular weight is 221 g/mol. The lowest BCUT2D eigenvalue weighted by Gasteiger charge is -2.30. The summed E-state index contributed by atoms with van der Waals surface area (Å²) in [5.41, 5.74) is 0.997. The molecule has 3 heteroatoms. The predicted molar refractivity (Wildman–Crippen MR) is 62.5 cm³/mol. The fourth-order valence-corrected chi connectivity index (χ4v) is 2.26. The second-order valence-corrected chi connectivity index (χ2v) is 4.24. The number of carbonyl (C=O) groups is 1. The molecule has 0 bridgehead atoms. The quantitative estimate of drug-likeness (QED) is 0.715. The lowest BCUT2D eigenvalue weighted by Crippen LogP contribution is -2.30. The SMILES string of the molecule is CC(=O)c1c(F)cccc1N1CCCCC1. The molecule has 0 unspecified atom stereocenters. The second kappa shape index (κ2) is 4.64. The van der Waals surface area contributed by atoms with E-state index in [0.29, 0.717) is 0 Å². The Balaban J connectivity index is 2.38. The van der Waals surface area contributed by atoms with Gasteiger partial charge in [0.1, 0.15) is 5.82 Å². The van der Waals surface area contributed by atoms with Crippen LogP contribution in [0.4, 0.5) is 10.1 Å². The van der Waals surface area contributed by atoms with Crippen LogP contribution in [0.1, 0.15) is 36.5 Å². The summed E-state index contributed by atoms with van der Waals surface area (Å²) in [6.07, 6.45) is 3.46. The van der Waals surface area contributed by atoms with Gasteiger partial charge >= 0.3 is 0 Å². The van der Waals surface area contributed by atoms with Crippen molar-refractivity contribution in [1.82, 2.24) is 0 Å². The third-order valence-electron chi connectivity index (χ3n) is 3.04. The van der Waals surface area contributed by atoms with Gasteiger partial charge in [0, 0.05) is 13.1 Å². The molecule has 0 amide bonds. The number of ketones is 1. The monoisotopic (exact) mass is 221 g/mol. The summed E-state index contributed by atoms with van der Waals surface area (Å²) in [5.74, 6) is -0.603. The van der Waals surface area contributed by atoms with Gasteiger partial charge in [0.25, 0.3) is 0 Å². The maximum Gasteiger partial charge on any atom is 0.164 e. The Morgan fingerprint density at radius 1 is 1.25 bits per heavy atom. The zero-order chi connectivity index (χ0) is 11.5. The number of anilines is 1. The van der Waals surface area contributed by atoms with Crippen LogP contribution in [0.5, 0.6) is 0 Å². The molecule has 1 aliphatic rings. The summed E-state index contributed by atoms with van der Waals surface area (Å²) in [6.45, 7) is 3.26. The smallest absolute Gasteiger partial charge is 0.164 e. The Bertz CT molecular complexity index is 397. The fraction of sp³-hybridized carbons (Fsp3) is 0.462. The minimum Gasteiger partial charge on any atom is -0.371 e. The van der Waals surface area contributed by atoms with Crippen molar-refractivity contribution in [2.24, 2.45) is 0 Å². The number of hydrogen-bond donors (Lipinski definition) is 0. The number of Topliss-reactive ketones (excluding diaryl/α,β-unsaturated/α-hetero) is 1. The number of piperidine rings is 1. The first-order valence-corrected chi connectivity index (χ1v) is 5.74. The van der Waals surface area contributed by atoms with Crippen molar-refractivity contribution in [1.29, 1.82) is 0 Å². The number of rotatable bonds is 2. The molecule has 1 aliphatic heterocycles. The minimum atomic E-state index is -0.407. The first-order chi connectivity index (χ1) is 7.70. The van der Waals surface area contributed by atoms with Crippen LogP contribution in [0.25, 0.3) is 0 Å². The predicted octanol–water partition coefficient (Wildman–Crippen LogP) is 3.02. The number of carbonyl (C=O) groups excluding carboxylic acids is 1. The third-order valence-corrected chi connectivity index (χ3v) is 3.04. The Labute approximate surface area is 95.1 Å². The Morgan fingerprint density at radius 3 is 2.56 bits per heavy atom. The van der Waals surface area contributed by atoms with Crippen molar-refractivity contribution in [2.45, 2.75) is 26.2 Å². The fourth-order valence-electron chi connectivity index (χ4n) is 2.26. The van der Waals surface area contributed by atoms with Gasteiger partial charge in [-0.25, -0.2) is 4.39 Å². The number of hydrogen-bond acceptors (Lipinski definition) is 2. The van der Waals surface area contributed by atoms with E-state index in [1.54, 1.807) is 6.07 Å². The van der Waals surface area contributed by atoms with E-state index in [4.69, 9.17) is 0 Å². The molecular weight excluding hydrogens is 205 g/mol. The van der Waals surface area contributed by atoms with E-state index in [1.807, 2.05) is 6.07 Å². The molecule has 1 aromatic rings. The minimum absolute atomic E-state index is 0.196. The van der Waals surface area contributed by atoms with Crippen molar-refractivity contribution in [2.75, 3.05) is 18.0 Å². The summed E-state index contributed by atoms with van der Waals surface area (Å²) in [4.78, 5) is 13.6. The van der Waals surface area contributed by atoms with Crippen molar-refractivity contribution < 1.29 is 9.18 Å². The highest BCUT2D eigenvalue weighted by Crippen LogP contribution is 2.26. The van der Waals surface area contributed by atoms with Crippen LogP contribution in [0.2, 0.25) is 0 Å². The van der Waals surface area contributed by atoms with Crippen LogP contribution >= 0.6 is 0 Å². The molecule has 0 aromatic heterocycles. The highest BCUT2D eigenvalue weighted by atomic mass is 19.1. The first-order valence-electron chi connectivity index (χ1n) is 5.74. The largest absolute Gasteiger partial charge is 0.371 e.